The Balaban J connectivity index is 2.09. The molecule has 1 aliphatic carbocycles. The van der Waals surface area contributed by atoms with Crippen LogP contribution >= 0.6 is 0 Å². The Kier molecular flexibility index (Phi) is 8.18. The fourth-order valence-corrected chi connectivity index (χ4v) is 4.48. The molecule has 3 rings (SSSR count). The normalized spacial score (nSPS) is 25.0. The Bertz CT molecular complexity index is 1080. The van der Waals surface area contributed by atoms with E-state index in [9.17, 15) is 24.8 Å². The van der Waals surface area contributed by atoms with Crippen molar-refractivity contribution >= 4 is 29.0 Å². The topological polar surface area (TPSA) is 140 Å². The molecule has 0 aliphatic heterocycles. The van der Waals surface area contributed by atoms with Crippen LogP contribution in [0.3, 0.4) is 0 Å². The number of non-ortho nitro benzene ring substituents is 1. The van der Waals surface area contributed by atoms with Crippen molar-refractivity contribution in [1.82, 2.24) is 0 Å². The highest BCUT2D eigenvalue weighted by atomic mass is 16.6. The predicted molar refractivity (Wildman–Crippen MR) is 129 cm³/mol. The van der Waals surface area contributed by atoms with Crippen molar-refractivity contribution in [2.75, 3.05) is 18.6 Å². The summed E-state index contributed by atoms with van der Waals surface area (Å²) in [6.45, 7) is 5.13. The number of esters is 2. The van der Waals surface area contributed by atoms with Crippen molar-refractivity contribution in [3.63, 3.8) is 0 Å². The van der Waals surface area contributed by atoms with Crippen molar-refractivity contribution in [3.8, 4) is 0 Å². The van der Waals surface area contributed by atoms with E-state index in [-0.39, 0.29) is 25.3 Å². The fraction of sp³-hybridized carbons (Fsp3) is 0.400. The number of hydrogen-bond acceptors (Lipinski definition) is 9. The van der Waals surface area contributed by atoms with Crippen LogP contribution in [0.2, 0.25) is 0 Å². The average Bonchev–Trinajstić information content (AvgIpc) is 2.82. The van der Waals surface area contributed by atoms with Crippen molar-refractivity contribution in [2.24, 2.45) is 16.9 Å². The maximum Gasteiger partial charge on any atom is 0.315 e. The predicted octanol–water partition coefficient (Wildman–Crippen LogP) is 3.66. The van der Waals surface area contributed by atoms with Gasteiger partial charge in [0, 0.05) is 24.5 Å². The second-order valence-electron chi connectivity index (χ2n) is 8.45. The SMILES string of the molecule is CCOC(=O)[C@@H]1/C(=N/Nc2ccc([N+](=O)[O-])cc2)C[C@](C)(O)[C@@H](C(=O)OCC)[C@@H]1c1ccccc1. The van der Waals surface area contributed by atoms with Crippen LogP contribution in [0.25, 0.3) is 0 Å². The molecule has 1 fully saturated rings. The molecule has 2 aromatic carbocycles. The number of rotatable bonds is 8. The Hall–Kier alpha value is -3.79. The summed E-state index contributed by atoms with van der Waals surface area (Å²) in [4.78, 5) is 36.7. The molecule has 35 heavy (non-hydrogen) atoms. The molecule has 186 valence electrons. The van der Waals surface area contributed by atoms with Gasteiger partial charge in [0.2, 0.25) is 0 Å². The molecule has 0 heterocycles. The van der Waals surface area contributed by atoms with Gasteiger partial charge in [0.25, 0.3) is 5.69 Å². The maximum atomic E-state index is 13.2. The third kappa shape index (κ3) is 5.83. The van der Waals surface area contributed by atoms with Gasteiger partial charge in [-0.3, -0.25) is 25.1 Å². The number of hydrazone groups is 1. The van der Waals surface area contributed by atoms with Crippen molar-refractivity contribution in [3.05, 3.63) is 70.3 Å². The minimum atomic E-state index is -1.58. The number of hydrogen-bond donors (Lipinski definition) is 2. The van der Waals surface area contributed by atoms with E-state index in [0.29, 0.717) is 17.0 Å². The number of nitrogens with zero attached hydrogens (tertiary/aromatic N) is 2. The molecule has 1 saturated carbocycles. The summed E-state index contributed by atoms with van der Waals surface area (Å²) in [6, 6.07) is 14.6. The second kappa shape index (κ2) is 11.1. The molecule has 10 nitrogen and oxygen atoms in total. The van der Waals surface area contributed by atoms with E-state index < -0.39 is 40.2 Å². The number of ether oxygens (including phenoxy) is 2. The van der Waals surface area contributed by atoms with Crippen molar-refractivity contribution in [2.45, 2.75) is 38.7 Å². The Morgan fingerprint density at radius 2 is 1.69 bits per heavy atom. The summed E-state index contributed by atoms with van der Waals surface area (Å²) < 4.78 is 10.6. The number of anilines is 1. The zero-order chi connectivity index (χ0) is 25.6. The first kappa shape index (κ1) is 25.8. The number of nitrogens with one attached hydrogen (secondary N) is 1. The highest BCUT2D eigenvalue weighted by Crippen LogP contribution is 2.47. The number of nitro benzene ring substituents is 1. The van der Waals surface area contributed by atoms with Gasteiger partial charge in [-0.1, -0.05) is 30.3 Å². The molecular formula is C25H29N3O7. The van der Waals surface area contributed by atoms with Gasteiger partial charge in [0.05, 0.1) is 41.1 Å². The van der Waals surface area contributed by atoms with Crippen molar-refractivity contribution < 1.29 is 29.1 Å². The molecule has 0 bridgehead atoms. The van der Waals surface area contributed by atoms with E-state index in [4.69, 9.17) is 9.47 Å². The standard InChI is InChI=1S/C25H29N3O7/c1-4-34-23(29)21-19(27-26-17-11-13-18(14-12-17)28(32)33)15-25(3,31)22(24(30)35-5-2)20(21)16-9-7-6-8-10-16/h6-14,20-22,26,31H,4-5,15H2,1-3H3/b27-19+/t20-,21-,22-,25+/m1/s1. The summed E-state index contributed by atoms with van der Waals surface area (Å²) in [6.07, 6.45) is -0.0940. The van der Waals surface area contributed by atoms with E-state index in [0.717, 1.165) is 0 Å². The second-order valence-corrected chi connectivity index (χ2v) is 8.45. The van der Waals surface area contributed by atoms with Crippen LogP contribution in [-0.4, -0.2) is 46.5 Å². The van der Waals surface area contributed by atoms with Crippen LogP contribution < -0.4 is 5.43 Å². The lowest BCUT2D eigenvalue weighted by atomic mass is 9.61. The minimum absolute atomic E-state index is 0.0744. The lowest BCUT2D eigenvalue weighted by Crippen LogP contribution is -2.55. The van der Waals surface area contributed by atoms with Gasteiger partial charge in [0.15, 0.2) is 0 Å². The van der Waals surface area contributed by atoms with E-state index in [2.05, 4.69) is 10.5 Å². The summed E-state index contributed by atoms with van der Waals surface area (Å²) in [5.74, 6) is -4.00. The number of nitro groups is 1. The molecule has 0 amide bonds. The Morgan fingerprint density at radius 3 is 2.26 bits per heavy atom. The number of aliphatic hydroxyl groups is 1. The zero-order valence-corrected chi connectivity index (χ0v) is 19.8. The van der Waals surface area contributed by atoms with Crippen LogP contribution in [0, 0.1) is 22.0 Å². The lowest BCUT2D eigenvalue weighted by Gasteiger charge is -2.45. The van der Waals surface area contributed by atoms with E-state index in [1.807, 2.05) is 6.07 Å². The lowest BCUT2D eigenvalue weighted by molar-refractivity contribution is -0.384. The molecule has 0 spiro atoms. The van der Waals surface area contributed by atoms with Gasteiger partial charge in [-0.05, 0) is 38.5 Å². The summed E-state index contributed by atoms with van der Waals surface area (Å²) in [7, 11) is 0. The molecule has 0 saturated heterocycles. The molecule has 0 unspecified atom stereocenters. The monoisotopic (exact) mass is 483 g/mol. The van der Waals surface area contributed by atoms with Crippen LogP contribution in [-0.2, 0) is 19.1 Å². The molecule has 10 heteroatoms. The van der Waals surface area contributed by atoms with Gasteiger partial charge in [-0.2, -0.15) is 5.10 Å². The van der Waals surface area contributed by atoms with E-state index >= 15 is 0 Å². The zero-order valence-electron chi connectivity index (χ0n) is 19.8. The van der Waals surface area contributed by atoms with Gasteiger partial charge >= 0.3 is 11.9 Å². The largest absolute Gasteiger partial charge is 0.466 e. The van der Waals surface area contributed by atoms with Gasteiger partial charge in [-0.15, -0.1) is 0 Å². The first-order chi connectivity index (χ1) is 16.7. The Morgan fingerprint density at radius 1 is 1.09 bits per heavy atom. The van der Waals surface area contributed by atoms with Crippen molar-refractivity contribution in [1.29, 1.82) is 0 Å². The average molecular weight is 484 g/mol. The molecule has 4 atom stereocenters. The van der Waals surface area contributed by atoms with Gasteiger partial charge < -0.3 is 14.6 Å². The van der Waals surface area contributed by atoms with Crippen LogP contribution in [0.4, 0.5) is 11.4 Å². The molecule has 2 aromatic rings. The summed E-state index contributed by atoms with van der Waals surface area (Å²) in [5, 5.41) is 26.7. The molecule has 0 aromatic heterocycles. The van der Waals surface area contributed by atoms with Crippen LogP contribution in [0.1, 0.15) is 38.7 Å². The third-order valence-electron chi connectivity index (χ3n) is 5.96. The quantitative estimate of drug-likeness (QED) is 0.329. The summed E-state index contributed by atoms with van der Waals surface area (Å²) in [5.41, 5.74) is 2.57. The third-order valence-corrected chi connectivity index (χ3v) is 5.96. The smallest absolute Gasteiger partial charge is 0.315 e. The molecule has 1 aliphatic rings. The van der Waals surface area contributed by atoms with E-state index in [1.165, 1.54) is 31.2 Å². The summed E-state index contributed by atoms with van der Waals surface area (Å²) >= 11 is 0. The van der Waals surface area contributed by atoms with E-state index in [1.54, 1.807) is 38.1 Å². The first-order valence-electron chi connectivity index (χ1n) is 11.4. The molecular weight excluding hydrogens is 454 g/mol. The van der Waals surface area contributed by atoms with Crippen LogP contribution in [0.15, 0.2) is 59.7 Å². The van der Waals surface area contributed by atoms with Crippen LogP contribution in [0.5, 0.6) is 0 Å². The first-order valence-corrected chi connectivity index (χ1v) is 11.4. The highest BCUT2D eigenvalue weighted by Gasteiger charge is 2.56. The number of benzene rings is 2. The van der Waals surface area contributed by atoms with Gasteiger partial charge in [-0.25, -0.2) is 0 Å². The highest BCUT2D eigenvalue weighted by molar-refractivity contribution is 6.06. The molecule has 0 radical (unpaired) electrons. The Labute approximate surface area is 203 Å². The maximum absolute atomic E-state index is 13.2. The number of carbonyl (C=O) groups is 2. The number of carbonyl (C=O) groups excluding carboxylic acids is 2. The molecule has 2 N–H and O–H groups in total. The fourth-order valence-electron chi connectivity index (χ4n) is 4.48. The minimum Gasteiger partial charge on any atom is -0.466 e. The van der Waals surface area contributed by atoms with Gasteiger partial charge in [0.1, 0.15) is 5.92 Å².